The average Bonchev–Trinajstić information content (AvgIpc) is 2.68. The molecule has 0 saturated carbocycles. The van der Waals surface area contributed by atoms with Crippen LogP contribution in [0.15, 0.2) is 36.8 Å². The number of anilines is 3. The van der Waals surface area contributed by atoms with Crippen molar-refractivity contribution in [2.24, 2.45) is 5.92 Å². The Balaban J connectivity index is 1.62. The van der Waals surface area contributed by atoms with Crippen LogP contribution in [-0.2, 0) is 4.79 Å². The van der Waals surface area contributed by atoms with E-state index in [1.807, 2.05) is 36.1 Å². The van der Waals surface area contributed by atoms with E-state index in [1.54, 1.807) is 6.20 Å². The zero-order chi connectivity index (χ0) is 18.8. The number of aliphatic carboxylic acids is 1. The second kappa shape index (κ2) is 7.14. The minimum atomic E-state index is -0.730. The van der Waals surface area contributed by atoms with Gasteiger partial charge in [-0.05, 0) is 37.5 Å². The van der Waals surface area contributed by atoms with Crippen molar-refractivity contribution in [1.29, 1.82) is 0 Å². The summed E-state index contributed by atoms with van der Waals surface area (Å²) in [5, 5.41) is 12.5. The van der Waals surface area contributed by atoms with Crippen molar-refractivity contribution in [2.75, 3.05) is 23.3 Å². The Bertz CT molecular complexity index is 985. The SMILES string of the molecule is Cc1cccc(Nc2ncnc3cnc(N4CCC(C(=O)O)CC4)nc23)c1. The van der Waals surface area contributed by atoms with Gasteiger partial charge in [0, 0.05) is 18.8 Å². The lowest BCUT2D eigenvalue weighted by Crippen LogP contribution is -2.37. The van der Waals surface area contributed by atoms with Crippen LogP contribution in [0.1, 0.15) is 18.4 Å². The molecular weight excluding hydrogens is 344 g/mol. The number of nitrogens with one attached hydrogen (secondary N) is 1. The number of aromatic nitrogens is 4. The highest BCUT2D eigenvalue weighted by Gasteiger charge is 2.26. The van der Waals surface area contributed by atoms with Gasteiger partial charge in [0.05, 0.1) is 12.1 Å². The number of aryl methyl sites for hydroxylation is 1. The highest BCUT2D eigenvalue weighted by atomic mass is 16.4. The maximum absolute atomic E-state index is 11.1. The molecule has 1 fully saturated rings. The monoisotopic (exact) mass is 364 g/mol. The molecule has 2 aromatic heterocycles. The van der Waals surface area contributed by atoms with Gasteiger partial charge < -0.3 is 15.3 Å². The number of carbonyl (C=O) groups is 1. The summed E-state index contributed by atoms with van der Waals surface area (Å²) in [5.74, 6) is 0.179. The number of carboxylic acids is 1. The van der Waals surface area contributed by atoms with Crippen LogP contribution in [0.2, 0.25) is 0 Å². The Morgan fingerprint density at radius 1 is 1.22 bits per heavy atom. The molecule has 2 N–H and O–H groups in total. The fourth-order valence-electron chi connectivity index (χ4n) is 3.27. The molecule has 138 valence electrons. The standard InChI is InChI=1S/C19H20N6O2/c1-12-3-2-4-14(9-12)23-17-16-15(21-11-22-17)10-20-19(24-16)25-7-5-13(6-8-25)18(26)27/h2-4,9-11,13H,5-8H2,1H3,(H,26,27)(H,21,22,23). The normalized spacial score (nSPS) is 15.1. The third-order valence-electron chi connectivity index (χ3n) is 4.77. The number of hydrogen-bond acceptors (Lipinski definition) is 7. The molecule has 0 spiro atoms. The molecule has 0 amide bonds. The number of carboxylic acid groups (broad SMARTS) is 1. The van der Waals surface area contributed by atoms with Crippen molar-refractivity contribution in [3.63, 3.8) is 0 Å². The third kappa shape index (κ3) is 3.64. The molecule has 1 aromatic carbocycles. The van der Waals surface area contributed by atoms with Crippen molar-refractivity contribution >= 4 is 34.5 Å². The highest BCUT2D eigenvalue weighted by Crippen LogP contribution is 2.25. The van der Waals surface area contributed by atoms with Crippen LogP contribution in [0.4, 0.5) is 17.5 Å². The molecule has 1 saturated heterocycles. The maximum atomic E-state index is 11.1. The smallest absolute Gasteiger partial charge is 0.306 e. The van der Waals surface area contributed by atoms with Crippen molar-refractivity contribution in [3.8, 4) is 0 Å². The molecule has 1 aliphatic heterocycles. The van der Waals surface area contributed by atoms with Gasteiger partial charge in [0.25, 0.3) is 0 Å². The van der Waals surface area contributed by atoms with E-state index in [0.29, 0.717) is 48.7 Å². The van der Waals surface area contributed by atoms with Crippen LogP contribution < -0.4 is 10.2 Å². The number of piperidine rings is 1. The zero-order valence-corrected chi connectivity index (χ0v) is 15.0. The van der Waals surface area contributed by atoms with Crippen LogP contribution in [0.3, 0.4) is 0 Å². The minimum absolute atomic E-state index is 0.288. The number of rotatable bonds is 4. The number of hydrogen-bond donors (Lipinski definition) is 2. The summed E-state index contributed by atoms with van der Waals surface area (Å²) >= 11 is 0. The molecule has 4 rings (SSSR count). The van der Waals surface area contributed by atoms with E-state index in [1.165, 1.54) is 6.33 Å². The molecular formula is C19H20N6O2. The quantitative estimate of drug-likeness (QED) is 0.728. The first kappa shape index (κ1) is 17.1. The molecule has 3 aromatic rings. The van der Waals surface area contributed by atoms with Crippen LogP contribution in [-0.4, -0.2) is 44.1 Å². The summed E-state index contributed by atoms with van der Waals surface area (Å²) in [5.41, 5.74) is 3.38. The van der Waals surface area contributed by atoms with Gasteiger partial charge in [0.1, 0.15) is 17.4 Å². The Hall–Kier alpha value is -3.29. The van der Waals surface area contributed by atoms with Gasteiger partial charge >= 0.3 is 5.97 Å². The predicted molar refractivity (Wildman–Crippen MR) is 102 cm³/mol. The second-order valence-electron chi connectivity index (χ2n) is 6.72. The summed E-state index contributed by atoms with van der Waals surface area (Å²) in [6, 6.07) is 8.02. The molecule has 0 bridgehead atoms. The molecule has 27 heavy (non-hydrogen) atoms. The van der Waals surface area contributed by atoms with Crippen molar-refractivity contribution < 1.29 is 9.90 Å². The molecule has 0 unspecified atom stereocenters. The van der Waals surface area contributed by atoms with Gasteiger partial charge in [0.15, 0.2) is 5.82 Å². The fourth-order valence-corrected chi connectivity index (χ4v) is 3.27. The van der Waals surface area contributed by atoms with Crippen molar-refractivity contribution in [2.45, 2.75) is 19.8 Å². The largest absolute Gasteiger partial charge is 0.481 e. The van der Waals surface area contributed by atoms with Gasteiger partial charge in [-0.3, -0.25) is 4.79 Å². The first-order valence-corrected chi connectivity index (χ1v) is 8.89. The molecule has 3 heterocycles. The van der Waals surface area contributed by atoms with Crippen LogP contribution >= 0.6 is 0 Å². The van der Waals surface area contributed by atoms with Crippen LogP contribution in [0, 0.1) is 12.8 Å². The molecule has 8 heteroatoms. The average molecular weight is 364 g/mol. The summed E-state index contributed by atoms with van der Waals surface area (Å²) in [7, 11) is 0. The van der Waals surface area contributed by atoms with E-state index < -0.39 is 5.97 Å². The van der Waals surface area contributed by atoms with E-state index >= 15 is 0 Å². The number of fused-ring (bicyclic) bond motifs is 1. The number of benzene rings is 1. The molecule has 1 aliphatic rings. The third-order valence-corrected chi connectivity index (χ3v) is 4.77. The van der Waals surface area contributed by atoms with Gasteiger partial charge in [-0.1, -0.05) is 12.1 Å². The van der Waals surface area contributed by atoms with Gasteiger partial charge in [0.2, 0.25) is 5.95 Å². The van der Waals surface area contributed by atoms with E-state index in [0.717, 1.165) is 11.3 Å². The second-order valence-corrected chi connectivity index (χ2v) is 6.72. The van der Waals surface area contributed by atoms with E-state index in [9.17, 15) is 4.79 Å². The summed E-state index contributed by atoms with van der Waals surface area (Å²) < 4.78 is 0. The van der Waals surface area contributed by atoms with Gasteiger partial charge in [-0.15, -0.1) is 0 Å². The number of nitrogens with zero attached hydrogens (tertiary/aromatic N) is 5. The first-order valence-electron chi connectivity index (χ1n) is 8.89. The fraction of sp³-hybridized carbons (Fsp3) is 0.316. The molecule has 0 atom stereocenters. The van der Waals surface area contributed by atoms with E-state index in [-0.39, 0.29) is 5.92 Å². The van der Waals surface area contributed by atoms with Gasteiger partial charge in [-0.2, -0.15) is 0 Å². The molecule has 0 radical (unpaired) electrons. The van der Waals surface area contributed by atoms with Crippen molar-refractivity contribution in [3.05, 3.63) is 42.4 Å². The predicted octanol–water partition coefficient (Wildman–Crippen LogP) is 2.77. The lowest BCUT2D eigenvalue weighted by Gasteiger charge is -2.30. The summed E-state index contributed by atoms with van der Waals surface area (Å²) in [6.07, 6.45) is 4.36. The summed E-state index contributed by atoms with van der Waals surface area (Å²) in [6.45, 7) is 3.28. The first-order chi connectivity index (χ1) is 13.1. The summed E-state index contributed by atoms with van der Waals surface area (Å²) in [4.78, 5) is 30.8. The molecule has 0 aliphatic carbocycles. The Kier molecular flexibility index (Phi) is 4.53. The van der Waals surface area contributed by atoms with Crippen molar-refractivity contribution in [1.82, 2.24) is 19.9 Å². The Morgan fingerprint density at radius 2 is 2.04 bits per heavy atom. The van der Waals surface area contributed by atoms with E-state index in [4.69, 9.17) is 5.11 Å². The Morgan fingerprint density at radius 3 is 2.78 bits per heavy atom. The maximum Gasteiger partial charge on any atom is 0.306 e. The topological polar surface area (TPSA) is 104 Å². The molecule has 8 nitrogen and oxygen atoms in total. The van der Waals surface area contributed by atoms with Gasteiger partial charge in [-0.25, -0.2) is 19.9 Å². The Labute approximate surface area is 156 Å². The van der Waals surface area contributed by atoms with Crippen LogP contribution in [0.5, 0.6) is 0 Å². The lowest BCUT2D eigenvalue weighted by molar-refractivity contribution is -0.142. The lowest BCUT2D eigenvalue weighted by atomic mass is 9.97. The highest BCUT2D eigenvalue weighted by molar-refractivity contribution is 5.87. The zero-order valence-electron chi connectivity index (χ0n) is 15.0. The van der Waals surface area contributed by atoms with E-state index in [2.05, 4.69) is 25.3 Å². The van der Waals surface area contributed by atoms with Crippen LogP contribution in [0.25, 0.3) is 11.0 Å². The minimum Gasteiger partial charge on any atom is -0.481 e.